The summed E-state index contributed by atoms with van der Waals surface area (Å²) in [6.07, 6.45) is 0. The molecule has 0 aliphatic heterocycles. The molecule has 0 fully saturated rings. The van der Waals surface area contributed by atoms with Crippen molar-refractivity contribution < 1.29 is 9.47 Å². The highest BCUT2D eigenvalue weighted by Crippen LogP contribution is 2.25. The Labute approximate surface area is 131 Å². The summed E-state index contributed by atoms with van der Waals surface area (Å²) >= 11 is 0. The Morgan fingerprint density at radius 3 is 2.41 bits per heavy atom. The molecule has 0 saturated carbocycles. The van der Waals surface area contributed by atoms with Crippen LogP contribution in [0.2, 0.25) is 0 Å². The molecule has 0 amide bonds. The standard InChI is InChI=1S/C19H21NO2/c1-4-20-16(12-15-7-5-6-14(2)19(15)20)13-22-18-10-8-17(21-3)9-11-18/h5-12H,4,13H2,1-3H3. The van der Waals surface area contributed by atoms with Gasteiger partial charge in [-0.25, -0.2) is 0 Å². The first-order chi connectivity index (χ1) is 10.7. The van der Waals surface area contributed by atoms with Crippen LogP contribution in [-0.4, -0.2) is 11.7 Å². The Morgan fingerprint density at radius 2 is 1.73 bits per heavy atom. The molecular weight excluding hydrogens is 274 g/mol. The molecule has 0 unspecified atom stereocenters. The largest absolute Gasteiger partial charge is 0.497 e. The monoisotopic (exact) mass is 295 g/mol. The van der Waals surface area contributed by atoms with Gasteiger partial charge in [0.2, 0.25) is 0 Å². The first-order valence-electron chi connectivity index (χ1n) is 7.57. The van der Waals surface area contributed by atoms with E-state index in [-0.39, 0.29) is 0 Å². The Kier molecular flexibility index (Phi) is 4.05. The summed E-state index contributed by atoms with van der Waals surface area (Å²) in [4.78, 5) is 0. The third-order valence-corrected chi connectivity index (χ3v) is 3.97. The van der Waals surface area contributed by atoms with Crippen LogP contribution in [-0.2, 0) is 13.2 Å². The molecule has 1 heterocycles. The van der Waals surface area contributed by atoms with Crippen molar-refractivity contribution in [2.45, 2.75) is 27.0 Å². The van der Waals surface area contributed by atoms with Gasteiger partial charge in [-0.2, -0.15) is 0 Å². The Bertz CT molecular complexity index is 772. The van der Waals surface area contributed by atoms with Gasteiger partial charge in [-0.1, -0.05) is 18.2 Å². The Hall–Kier alpha value is -2.42. The molecule has 0 radical (unpaired) electrons. The smallest absolute Gasteiger partial charge is 0.128 e. The van der Waals surface area contributed by atoms with Crippen LogP contribution >= 0.6 is 0 Å². The quantitative estimate of drug-likeness (QED) is 0.689. The van der Waals surface area contributed by atoms with E-state index < -0.39 is 0 Å². The maximum atomic E-state index is 5.93. The molecule has 0 atom stereocenters. The first-order valence-corrected chi connectivity index (χ1v) is 7.57. The summed E-state index contributed by atoms with van der Waals surface area (Å²) < 4.78 is 13.4. The summed E-state index contributed by atoms with van der Waals surface area (Å²) in [5, 5.41) is 1.27. The van der Waals surface area contributed by atoms with E-state index in [4.69, 9.17) is 9.47 Å². The van der Waals surface area contributed by atoms with E-state index in [1.165, 1.54) is 22.2 Å². The lowest BCUT2D eigenvalue weighted by Crippen LogP contribution is -2.05. The predicted octanol–water partition coefficient (Wildman–Crippen LogP) is 4.56. The van der Waals surface area contributed by atoms with Gasteiger partial charge in [0.05, 0.1) is 18.3 Å². The molecule has 0 saturated heterocycles. The Morgan fingerprint density at radius 1 is 1.00 bits per heavy atom. The van der Waals surface area contributed by atoms with Crippen LogP contribution < -0.4 is 9.47 Å². The predicted molar refractivity (Wildman–Crippen MR) is 89.7 cm³/mol. The zero-order chi connectivity index (χ0) is 15.5. The summed E-state index contributed by atoms with van der Waals surface area (Å²) in [5.41, 5.74) is 3.80. The molecule has 3 rings (SSSR count). The van der Waals surface area contributed by atoms with E-state index in [1.54, 1.807) is 7.11 Å². The highest BCUT2D eigenvalue weighted by Gasteiger charge is 2.10. The minimum Gasteiger partial charge on any atom is -0.497 e. The van der Waals surface area contributed by atoms with Crippen LogP contribution in [0.4, 0.5) is 0 Å². The lowest BCUT2D eigenvalue weighted by Gasteiger charge is -2.11. The molecule has 0 N–H and O–H groups in total. The van der Waals surface area contributed by atoms with Gasteiger partial charge < -0.3 is 14.0 Å². The second kappa shape index (κ2) is 6.14. The third-order valence-electron chi connectivity index (χ3n) is 3.97. The fraction of sp³-hybridized carbons (Fsp3) is 0.263. The van der Waals surface area contributed by atoms with Crippen molar-refractivity contribution in [3.8, 4) is 11.5 Å². The number of methoxy groups -OCH3 is 1. The minimum absolute atomic E-state index is 0.564. The summed E-state index contributed by atoms with van der Waals surface area (Å²) in [6, 6.07) is 16.3. The van der Waals surface area contributed by atoms with E-state index in [1.807, 2.05) is 24.3 Å². The fourth-order valence-electron chi connectivity index (χ4n) is 2.88. The zero-order valence-corrected chi connectivity index (χ0v) is 13.3. The maximum Gasteiger partial charge on any atom is 0.128 e. The zero-order valence-electron chi connectivity index (χ0n) is 13.3. The number of nitrogens with zero attached hydrogens (tertiary/aromatic N) is 1. The van der Waals surface area contributed by atoms with Crippen LogP contribution in [0.1, 0.15) is 18.2 Å². The van der Waals surface area contributed by atoms with E-state index >= 15 is 0 Å². The molecule has 0 bridgehead atoms. The van der Waals surface area contributed by atoms with Crippen LogP contribution in [0.3, 0.4) is 0 Å². The molecular formula is C19H21NO2. The molecule has 0 aliphatic rings. The van der Waals surface area contributed by atoms with Crippen molar-refractivity contribution in [3.05, 3.63) is 59.8 Å². The number of hydrogen-bond donors (Lipinski definition) is 0. The van der Waals surface area contributed by atoms with E-state index in [0.29, 0.717) is 6.61 Å². The van der Waals surface area contributed by atoms with Gasteiger partial charge in [0.25, 0.3) is 0 Å². The van der Waals surface area contributed by atoms with E-state index in [0.717, 1.165) is 18.0 Å². The molecule has 3 aromatic rings. The van der Waals surface area contributed by atoms with Crippen LogP contribution in [0.15, 0.2) is 48.5 Å². The lowest BCUT2D eigenvalue weighted by molar-refractivity contribution is 0.295. The van der Waals surface area contributed by atoms with Crippen molar-refractivity contribution in [2.75, 3.05) is 7.11 Å². The average molecular weight is 295 g/mol. The normalized spacial score (nSPS) is 10.9. The summed E-state index contributed by atoms with van der Waals surface area (Å²) in [7, 11) is 1.66. The highest BCUT2D eigenvalue weighted by atomic mass is 16.5. The molecule has 22 heavy (non-hydrogen) atoms. The van der Waals surface area contributed by atoms with Crippen LogP contribution in [0.25, 0.3) is 10.9 Å². The van der Waals surface area contributed by atoms with Crippen LogP contribution in [0.5, 0.6) is 11.5 Å². The SMILES string of the molecule is CCn1c(COc2ccc(OC)cc2)cc2cccc(C)c21. The van der Waals surface area contributed by atoms with Gasteiger partial charge >= 0.3 is 0 Å². The number of hydrogen-bond acceptors (Lipinski definition) is 2. The van der Waals surface area contributed by atoms with Gasteiger partial charge in [-0.15, -0.1) is 0 Å². The fourth-order valence-corrected chi connectivity index (χ4v) is 2.88. The number of fused-ring (bicyclic) bond motifs is 1. The highest BCUT2D eigenvalue weighted by molar-refractivity contribution is 5.84. The second-order valence-corrected chi connectivity index (χ2v) is 5.36. The first kappa shape index (κ1) is 14.5. The number of rotatable bonds is 5. The van der Waals surface area contributed by atoms with E-state index in [9.17, 15) is 0 Å². The lowest BCUT2D eigenvalue weighted by atomic mass is 10.2. The van der Waals surface area contributed by atoms with Crippen molar-refractivity contribution in [1.82, 2.24) is 4.57 Å². The second-order valence-electron chi connectivity index (χ2n) is 5.36. The Balaban J connectivity index is 1.85. The number of aromatic nitrogens is 1. The van der Waals surface area contributed by atoms with Crippen molar-refractivity contribution in [3.63, 3.8) is 0 Å². The number of ether oxygens (including phenoxy) is 2. The van der Waals surface area contributed by atoms with E-state index in [2.05, 4.69) is 42.7 Å². The summed E-state index contributed by atoms with van der Waals surface area (Å²) in [6.45, 7) is 5.83. The molecule has 1 aromatic heterocycles. The molecule has 2 aromatic carbocycles. The maximum absolute atomic E-state index is 5.93. The number of para-hydroxylation sites is 1. The molecule has 3 heteroatoms. The average Bonchev–Trinajstić information content (AvgIpc) is 2.92. The van der Waals surface area contributed by atoms with Crippen molar-refractivity contribution in [2.24, 2.45) is 0 Å². The topological polar surface area (TPSA) is 23.4 Å². The summed E-state index contributed by atoms with van der Waals surface area (Å²) in [5.74, 6) is 1.69. The molecule has 3 nitrogen and oxygen atoms in total. The molecule has 0 spiro atoms. The number of benzene rings is 2. The van der Waals surface area contributed by atoms with Gasteiger partial charge in [-0.05, 0) is 49.7 Å². The van der Waals surface area contributed by atoms with Crippen LogP contribution in [0, 0.1) is 6.92 Å². The van der Waals surface area contributed by atoms with Gasteiger partial charge in [0, 0.05) is 11.9 Å². The molecule has 0 aliphatic carbocycles. The van der Waals surface area contributed by atoms with Gasteiger partial charge in [0.1, 0.15) is 18.1 Å². The van der Waals surface area contributed by atoms with Crippen molar-refractivity contribution >= 4 is 10.9 Å². The third kappa shape index (κ3) is 2.67. The van der Waals surface area contributed by atoms with Gasteiger partial charge in [0.15, 0.2) is 0 Å². The number of aryl methyl sites for hydroxylation is 2. The van der Waals surface area contributed by atoms with Crippen molar-refractivity contribution in [1.29, 1.82) is 0 Å². The molecule has 114 valence electrons. The van der Waals surface area contributed by atoms with Gasteiger partial charge in [-0.3, -0.25) is 0 Å². The minimum atomic E-state index is 0.564.